The number of halogens is 2. The maximum atomic E-state index is 14.6. The quantitative estimate of drug-likeness (QED) is 0.552. The molecule has 0 spiro atoms. The van der Waals surface area contributed by atoms with Crippen molar-refractivity contribution in [2.24, 2.45) is 5.41 Å². The first-order chi connectivity index (χ1) is 16.0. The minimum atomic E-state index is -1.02. The highest BCUT2D eigenvalue weighted by Gasteiger charge is 2.30. The van der Waals surface area contributed by atoms with Crippen LogP contribution in [0, 0.1) is 18.2 Å². The molecule has 1 aliphatic rings. The molecule has 2 N–H and O–H groups in total. The number of carbonyl (C=O) groups excluding carboxylic acids is 1. The van der Waals surface area contributed by atoms with Crippen molar-refractivity contribution in [2.45, 2.75) is 40.2 Å². The Morgan fingerprint density at radius 1 is 1.11 bits per heavy atom. The number of nitrogens with zero attached hydrogens (tertiary/aromatic N) is 4. The second-order valence-corrected chi connectivity index (χ2v) is 10.1. The van der Waals surface area contributed by atoms with Gasteiger partial charge in [-0.3, -0.25) is 4.79 Å². The Bertz CT molecular complexity index is 1200. The van der Waals surface area contributed by atoms with Gasteiger partial charge in [0, 0.05) is 31.6 Å². The van der Waals surface area contributed by atoms with E-state index in [4.69, 9.17) is 0 Å². The molecular weight excluding hydrogens is 471 g/mol. The van der Waals surface area contributed by atoms with Crippen LogP contribution in [0.3, 0.4) is 0 Å². The van der Waals surface area contributed by atoms with Gasteiger partial charge in [-0.1, -0.05) is 32.9 Å². The van der Waals surface area contributed by atoms with Gasteiger partial charge in [0.1, 0.15) is 23.5 Å². The molecule has 0 aliphatic carbocycles. The predicted octanol–water partition coefficient (Wildman–Crippen LogP) is 4.32. The highest BCUT2D eigenvalue weighted by atomic mass is 35.5. The number of aliphatic hydroxyl groups is 1. The van der Waals surface area contributed by atoms with Gasteiger partial charge >= 0.3 is 0 Å². The molecule has 1 aliphatic heterocycles. The molecule has 1 atom stereocenters. The Morgan fingerprint density at radius 2 is 1.80 bits per heavy atom. The number of anilines is 1. The summed E-state index contributed by atoms with van der Waals surface area (Å²) in [5.74, 6) is -0.329. The number of piperazine rings is 1. The number of fused-ring (bicyclic) bond motifs is 1. The monoisotopic (exact) mass is 502 g/mol. The highest BCUT2D eigenvalue weighted by Crippen LogP contribution is 2.34. The maximum Gasteiger partial charge on any atom is 0.251 e. The summed E-state index contributed by atoms with van der Waals surface area (Å²) in [6.07, 6.45) is -0.623. The fraction of sp³-hybridized carbons (Fsp3) is 0.423. The van der Waals surface area contributed by atoms with E-state index >= 15 is 0 Å². The lowest BCUT2D eigenvalue weighted by molar-refractivity contribution is -0.142. The summed E-state index contributed by atoms with van der Waals surface area (Å²) < 4.78 is 14.6. The molecule has 0 radical (unpaired) electrons. The summed E-state index contributed by atoms with van der Waals surface area (Å²) in [7, 11) is 0. The Kier molecular flexibility index (Phi) is 7.87. The molecule has 0 saturated carbocycles. The highest BCUT2D eigenvalue weighted by molar-refractivity contribution is 5.92. The molecule has 1 saturated heterocycles. The number of hydrogen-bond acceptors (Lipinski definition) is 6. The molecule has 9 heteroatoms. The van der Waals surface area contributed by atoms with Crippen LogP contribution in [0.15, 0.2) is 36.4 Å². The van der Waals surface area contributed by atoms with Crippen molar-refractivity contribution in [1.82, 2.24) is 14.9 Å². The Hall–Kier alpha value is -2.97. The molecule has 2 heterocycles. The Balaban J connectivity index is 0.00000342. The van der Waals surface area contributed by atoms with Crippen LogP contribution in [0.25, 0.3) is 22.3 Å². The van der Waals surface area contributed by atoms with Crippen LogP contribution in [0.1, 0.15) is 32.8 Å². The lowest BCUT2D eigenvalue weighted by atomic mass is 9.89. The second kappa shape index (κ2) is 10.3. The topological polar surface area (TPSA) is 89.8 Å². The summed E-state index contributed by atoms with van der Waals surface area (Å²) in [5, 5.41) is 21.5. The van der Waals surface area contributed by atoms with Crippen molar-refractivity contribution in [2.75, 3.05) is 31.1 Å². The van der Waals surface area contributed by atoms with Crippen LogP contribution in [0.4, 0.5) is 10.2 Å². The second-order valence-electron chi connectivity index (χ2n) is 10.1. The molecule has 7 nitrogen and oxygen atoms in total. The van der Waals surface area contributed by atoms with E-state index in [-0.39, 0.29) is 40.9 Å². The van der Waals surface area contributed by atoms with E-state index < -0.39 is 11.9 Å². The first kappa shape index (κ1) is 26.6. The van der Waals surface area contributed by atoms with Gasteiger partial charge in [-0.25, -0.2) is 14.4 Å². The number of aromatic hydroxyl groups is 1. The van der Waals surface area contributed by atoms with Gasteiger partial charge in [-0.2, -0.15) is 0 Å². The molecule has 4 rings (SSSR count). The van der Waals surface area contributed by atoms with Crippen molar-refractivity contribution in [3.05, 3.63) is 47.8 Å². The smallest absolute Gasteiger partial charge is 0.251 e. The summed E-state index contributed by atoms with van der Waals surface area (Å²) >= 11 is 0. The summed E-state index contributed by atoms with van der Waals surface area (Å²) in [5.41, 5.74) is 1.47. The number of hydrogen-bond donors (Lipinski definition) is 2. The minimum Gasteiger partial charge on any atom is -0.507 e. The molecule has 1 unspecified atom stereocenters. The molecule has 3 aromatic rings. The largest absolute Gasteiger partial charge is 0.507 e. The van der Waals surface area contributed by atoms with E-state index in [1.165, 1.54) is 18.2 Å². The van der Waals surface area contributed by atoms with Gasteiger partial charge in [0.2, 0.25) is 0 Å². The normalized spacial score (nSPS) is 15.1. The zero-order valence-corrected chi connectivity index (χ0v) is 21.3. The number of amides is 1. The maximum absolute atomic E-state index is 14.6. The summed E-state index contributed by atoms with van der Waals surface area (Å²) in [4.78, 5) is 25.7. The van der Waals surface area contributed by atoms with Crippen molar-refractivity contribution in [3.8, 4) is 17.1 Å². The third-order valence-electron chi connectivity index (χ3n) is 6.03. The third kappa shape index (κ3) is 5.82. The van der Waals surface area contributed by atoms with Crippen molar-refractivity contribution in [1.29, 1.82) is 0 Å². The van der Waals surface area contributed by atoms with E-state index in [1.54, 1.807) is 4.90 Å². The molecule has 2 aromatic carbocycles. The minimum absolute atomic E-state index is 0. The van der Waals surface area contributed by atoms with E-state index in [1.807, 2.05) is 50.8 Å². The lowest BCUT2D eigenvalue weighted by Gasteiger charge is -2.37. The number of aromatic nitrogens is 2. The zero-order valence-electron chi connectivity index (χ0n) is 20.5. The fourth-order valence-corrected chi connectivity index (χ4v) is 4.33. The fourth-order valence-electron chi connectivity index (χ4n) is 4.33. The first-order valence-electron chi connectivity index (χ1n) is 11.5. The van der Waals surface area contributed by atoms with E-state index in [2.05, 4.69) is 9.97 Å². The first-order valence-corrected chi connectivity index (χ1v) is 11.5. The van der Waals surface area contributed by atoms with E-state index in [9.17, 15) is 19.4 Å². The number of benzene rings is 2. The summed E-state index contributed by atoms with van der Waals surface area (Å²) in [6, 6.07) is 9.93. The number of aliphatic hydroxyl groups excluding tert-OH is 1. The molecule has 1 amide bonds. The lowest BCUT2D eigenvalue weighted by Crippen LogP contribution is -2.52. The van der Waals surface area contributed by atoms with Crippen molar-refractivity contribution in [3.63, 3.8) is 0 Å². The standard InChI is InChI=1S/C26H31FN4O3.ClH/c1-16-8-9-17-19(14-16)28-23(22-18(27)6-5-7-20(22)32)29-24(17)30-10-12-31(13-11-30)25(34)21(33)15-26(2,3)4;/h5-9,14,21,32-33H,10-13,15H2,1-4H3;1H. The van der Waals surface area contributed by atoms with Gasteiger partial charge in [0.05, 0.1) is 11.1 Å². The van der Waals surface area contributed by atoms with Gasteiger partial charge in [0.15, 0.2) is 5.82 Å². The number of aryl methyl sites for hydroxylation is 1. The average Bonchev–Trinajstić information content (AvgIpc) is 2.76. The van der Waals surface area contributed by atoms with Crippen LogP contribution < -0.4 is 4.90 Å². The van der Waals surface area contributed by atoms with E-state index in [0.717, 1.165) is 10.9 Å². The number of carbonyl (C=O) groups is 1. The molecular formula is C26H32ClFN4O3. The number of rotatable bonds is 4. The summed E-state index contributed by atoms with van der Waals surface area (Å²) in [6.45, 7) is 9.84. The van der Waals surface area contributed by atoms with Gasteiger partial charge in [-0.05, 0) is 48.6 Å². The zero-order chi connectivity index (χ0) is 24.6. The van der Waals surface area contributed by atoms with Crippen LogP contribution in [-0.2, 0) is 4.79 Å². The predicted molar refractivity (Wildman–Crippen MR) is 137 cm³/mol. The van der Waals surface area contributed by atoms with Crippen LogP contribution in [0.5, 0.6) is 5.75 Å². The molecule has 35 heavy (non-hydrogen) atoms. The average molecular weight is 503 g/mol. The number of phenolic OH excluding ortho intramolecular Hbond substituents is 1. The SMILES string of the molecule is Cc1ccc2c(N3CCN(C(=O)C(O)CC(C)(C)C)CC3)nc(-c3c(O)cccc3F)nc2c1.Cl. The molecule has 1 aromatic heterocycles. The molecule has 1 fully saturated rings. The van der Waals surface area contributed by atoms with Crippen LogP contribution in [-0.4, -0.2) is 63.3 Å². The van der Waals surface area contributed by atoms with Crippen LogP contribution >= 0.6 is 12.4 Å². The van der Waals surface area contributed by atoms with Gasteiger partial charge in [0.25, 0.3) is 5.91 Å². The van der Waals surface area contributed by atoms with Gasteiger partial charge in [-0.15, -0.1) is 12.4 Å². The Labute approximate surface area is 211 Å². The molecule has 188 valence electrons. The number of phenols is 1. The van der Waals surface area contributed by atoms with Crippen LogP contribution in [0.2, 0.25) is 0 Å². The third-order valence-corrected chi connectivity index (χ3v) is 6.03. The van der Waals surface area contributed by atoms with Gasteiger partial charge < -0.3 is 20.0 Å². The van der Waals surface area contributed by atoms with Crippen molar-refractivity contribution >= 4 is 35.0 Å². The Morgan fingerprint density at radius 3 is 2.43 bits per heavy atom. The van der Waals surface area contributed by atoms with E-state index in [0.29, 0.717) is 43.9 Å². The molecule has 0 bridgehead atoms. The van der Waals surface area contributed by atoms with Crippen molar-refractivity contribution < 1.29 is 19.4 Å².